The summed E-state index contributed by atoms with van der Waals surface area (Å²) in [4.78, 5) is 28.3. The van der Waals surface area contributed by atoms with Crippen molar-refractivity contribution in [2.45, 2.75) is 39.8 Å². The zero-order valence-corrected chi connectivity index (χ0v) is 23.7. The zero-order chi connectivity index (χ0) is 27.8. The highest BCUT2D eigenvalue weighted by atomic mass is 35.5. The predicted octanol–water partition coefficient (Wildman–Crippen LogP) is 3.70. The standard InChI is InChI=1S/C26H36ClN3O6S/c1-7-22(26(32)28-15-18(2)3)29(16-19-10-8-9-11-21(19)27)25(31)17-30(37(6,33)34)23-14-20(35-4)12-13-24(23)36-5/h8-14,18,22H,7,15-17H2,1-6H3,(H,28,32)/t22-/m0/s1. The molecule has 9 nitrogen and oxygen atoms in total. The van der Waals surface area contributed by atoms with Gasteiger partial charge in [-0.05, 0) is 36.1 Å². The van der Waals surface area contributed by atoms with E-state index in [4.69, 9.17) is 21.1 Å². The molecule has 0 spiro atoms. The second kappa shape index (κ2) is 13.5. The van der Waals surface area contributed by atoms with Crippen LogP contribution in [0.5, 0.6) is 11.5 Å². The molecule has 0 unspecified atom stereocenters. The average molecular weight is 554 g/mol. The minimum atomic E-state index is -3.94. The quantitative estimate of drug-likeness (QED) is 0.405. The van der Waals surface area contributed by atoms with Crippen molar-refractivity contribution < 1.29 is 27.5 Å². The molecule has 1 N–H and O–H groups in total. The molecule has 0 fully saturated rings. The van der Waals surface area contributed by atoms with Crippen molar-refractivity contribution in [3.63, 3.8) is 0 Å². The van der Waals surface area contributed by atoms with Crippen LogP contribution in [0.25, 0.3) is 0 Å². The number of carbonyl (C=O) groups is 2. The monoisotopic (exact) mass is 553 g/mol. The summed E-state index contributed by atoms with van der Waals surface area (Å²) in [7, 11) is -1.08. The molecule has 204 valence electrons. The van der Waals surface area contributed by atoms with Crippen molar-refractivity contribution in [1.82, 2.24) is 10.2 Å². The maximum absolute atomic E-state index is 13.8. The number of ether oxygens (including phenoxy) is 2. The molecule has 0 aromatic heterocycles. The van der Waals surface area contributed by atoms with Gasteiger partial charge in [-0.1, -0.05) is 50.6 Å². The van der Waals surface area contributed by atoms with Crippen molar-refractivity contribution in [2.75, 3.05) is 37.9 Å². The van der Waals surface area contributed by atoms with Crippen LogP contribution in [0.4, 0.5) is 5.69 Å². The maximum Gasteiger partial charge on any atom is 0.244 e. The summed E-state index contributed by atoms with van der Waals surface area (Å²) < 4.78 is 37.3. The number of anilines is 1. The summed E-state index contributed by atoms with van der Waals surface area (Å²) in [6, 6.07) is 10.9. The van der Waals surface area contributed by atoms with Gasteiger partial charge in [-0.25, -0.2) is 8.42 Å². The van der Waals surface area contributed by atoms with Gasteiger partial charge < -0.3 is 19.7 Å². The van der Waals surface area contributed by atoms with Crippen LogP contribution in [0.2, 0.25) is 5.02 Å². The Morgan fingerprint density at radius 1 is 1.08 bits per heavy atom. The number of carbonyl (C=O) groups excluding carboxylic acids is 2. The second-order valence-electron chi connectivity index (χ2n) is 8.98. The Hall–Kier alpha value is -2.98. The number of rotatable bonds is 13. The fourth-order valence-electron chi connectivity index (χ4n) is 3.74. The molecular weight excluding hydrogens is 518 g/mol. The molecular formula is C26H36ClN3O6S. The summed E-state index contributed by atoms with van der Waals surface area (Å²) >= 11 is 6.38. The average Bonchev–Trinajstić information content (AvgIpc) is 2.85. The van der Waals surface area contributed by atoms with Crippen LogP contribution in [0.1, 0.15) is 32.8 Å². The third kappa shape index (κ3) is 8.26. The zero-order valence-electron chi connectivity index (χ0n) is 22.2. The van der Waals surface area contributed by atoms with Crippen LogP contribution < -0.4 is 19.1 Å². The van der Waals surface area contributed by atoms with Crippen LogP contribution in [0.3, 0.4) is 0 Å². The number of amides is 2. The van der Waals surface area contributed by atoms with E-state index in [9.17, 15) is 18.0 Å². The molecule has 0 saturated heterocycles. The highest BCUT2D eigenvalue weighted by Gasteiger charge is 2.33. The molecule has 0 aliphatic rings. The van der Waals surface area contributed by atoms with Crippen molar-refractivity contribution in [3.8, 4) is 11.5 Å². The van der Waals surface area contributed by atoms with Crippen molar-refractivity contribution in [1.29, 1.82) is 0 Å². The maximum atomic E-state index is 13.8. The summed E-state index contributed by atoms with van der Waals surface area (Å²) in [5, 5.41) is 3.32. The van der Waals surface area contributed by atoms with Gasteiger partial charge in [0, 0.05) is 24.2 Å². The minimum Gasteiger partial charge on any atom is -0.497 e. The molecule has 11 heteroatoms. The van der Waals surface area contributed by atoms with Crippen LogP contribution in [0.15, 0.2) is 42.5 Å². The Labute approximate surface area is 224 Å². The van der Waals surface area contributed by atoms with E-state index in [1.807, 2.05) is 13.8 Å². The lowest BCUT2D eigenvalue weighted by Crippen LogP contribution is -2.52. The van der Waals surface area contributed by atoms with Crippen LogP contribution in [-0.4, -0.2) is 64.7 Å². The van der Waals surface area contributed by atoms with E-state index >= 15 is 0 Å². The summed E-state index contributed by atoms with van der Waals surface area (Å²) in [6.45, 7) is 5.66. The SMILES string of the molecule is CC[C@@H](C(=O)NCC(C)C)N(Cc1ccccc1Cl)C(=O)CN(c1cc(OC)ccc1OC)S(C)(=O)=O. The smallest absolute Gasteiger partial charge is 0.244 e. The molecule has 2 aromatic carbocycles. The number of nitrogens with one attached hydrogen (secondary N) is 1. The van der Waals surface area contributed by atoms with Gasteiger partial charge in [0.05, 0.1) is 26.2 Å². The molecule has 0 aliphatic heterocycles. The fraction of sp³-hybridized carbons (Fsp3) is 0.462. The normalized spacial score (nSPS) is 12.1. The topological polar surface area (TPSA) is 105 Å². The van der Waals surface area contributed by atoms with E-state index in [0.29, 0.717) is 29.3 Å². The number of sulfonamides is 1. The lowest BCUT2D eigenvalue weighted by atomic mass is 10.1. The molecule has 0 bridgehead atoms. The Bertz CT molecular complexity index is 1190. The van der Waals surface area contributed by atoms with E-state index in [1.165, 1.54) is 25.2 Å². The van der Waals surface area contributed by atoms with Gasteiger partial charge in [-0.3, -0.25) is 13.9 Å². The Morgan fingerprint density at radius 2 is 1.76 bits per heavy atom. The third-order valence-corrected chi connectivity index (χ3v) is 7.20. The first kappa shape index (κ1) is 30.2. The summed E-state index contributed by atoms with van der Waals surface area (Å²) in [6.07, 6.45) is 1.33. The summed E-state index contributed by atoms with van der Waals surface area (Å²) in [5.74, 6) is -0.0265. The van der Waals surface area contributed by atoms with E-state index < -0.39 is 28.5 Å². The Morgan fingerprint density at radius 3 is 2.30 bits per heavy atom. The first-order valence-electron chi connectivity index (χ1n) is 11.9. The lowest BCUT2D eigenvalue weighted by Gasteiger charge is -2.33. The molecule has 37 heavy (non-hydrogen) atoms. The largest absolute Gasteiger partial charge is 0.497 e. The van der Waals surface area contributed by atoms with E-state index in [-0.39, 0.29) is 29.8 Å². The second-order valence-corrected chi connectivity index (χ2v) is 11.3. The molecule has 2 amide bonds. The predicted molar refractivity (Wildman–Crippen MR) is 146 cm³/mol. The van der Waals surface area contributed by atoms with E-state index in [2.05, 4.69) is 5.32 Å². The van der Waals surface area contributed by atoms with Gasteiger partial charge in [-0.15, -0.1) is 0 Å². The van der Waals surface area contributed by atoms with Gasteiger partial charge in [0.25, 0.3) is 0 Å². The van der Waals surface area contributed by atoms with E-state index in [0.717, 1.165) is 10.6 Å². The Kier molecular flexibility index (Phi) is 11.1. The highest BCUT2D eigenvalue weighted by Crippen LogP contribution is 2.34. The van der Waals surface area contributed by atoms with Crippen LogP contribution in [0, 0.1) is 5.92 Å². The molecule has 2 rings (SSSR count). The third-order valence-electron chi connectivity index (χ3n) is 5.70. The molecule has 0 heterocycles. The number of halogens is 1. The highest BCUT2D eigenvalue weighted by molar-refractivity contribution is 7.92. The van der Waals surface area contributed by atoms with Crippen molar-refractivity contribution in [2.24, 2.45) is 5.92 Å². The number of methoxy groups -OCH3 is 2. The van der Waals surface area contributed by atoms with Gasteiger partial charge in [0.2, 0.25) is 21.8 Å². The molecule has 0 saturated carbocycles. The number of benzene rings is 2. The van der Waals surface area contributed by atoms with Gasteiger partial charge in [-0.2, -0.15) is 0 Å². The molecule has 1 atom stereocenters. The van der Waals surface area contributed by atoms with Gasteiger partial charge in [0.15, 0.2) is 0 Å². The van der Waals surface area contributed by atoms with E-state index in [1.54, 1.807) is 43.3 Å². The lowest BCUT2D eigenvalue weighted by molar-refractivity contribution is -0.140. The molecule has 2 aromatic rings. The molecule has 0 aliphatic carbocycles. The fourth-order valence-corrected chi connectivity index (χ4v) is 4.78. The van der Waals surface area contributed by atoms with Crippen LogP contribution in [-0.2, 0) is 26.2 Å². The van der Waals surface area contributed by atoms with Crippen LogP contribution >= 0.6 is 11.6 Å². The summed E-state index contributed by atoms with van der Waals surface area (Å²) in [5.41, 5.74) is 0.783. The van der Waals surface area contributed by atoms with Crippen molar-refractivity contribution in [3.05, 3.63) is 53.1 Å². The number of hydrogen-bond donors (Lipinski definition) is 1. The number of nitrogens with zero attached hydrogens (tertiary/aromatic N) is 2. The van der Waals surface area contributed by atoms with Crippen molar-refractivity contribution >= 4 is 39.1 Å². The van der Waals surface area contributed by atoms with Gasteiger partial charge in [0.1, 0.15) is 24.1 Å². The Balaban J connectivity index is 2.53. The number of hydrogen-bond acceptors (Lipinski definition) is 6. The first-order chi connectivity index (χ1) is 17.4. The first-order valence-corrected chi connectivity index (χ1v) is 14.2. The molecule has 0 radical (unpaired) electrons. The van der Waals surface area contributed by atoms with Gasteiger partial charge >= 0.3 is 0 Å². The minimum absolute atomic E-state index is 0.0267.